The molecule has 1 aliphatic heterocycles. The molecule has 0 bridgehead atoms. The number of rotatable bonds is 6. The van der Waals surface area contributed by atoms with Crippen molar-refractivity contribution in [3.63, 3.8) is 0 Å². The number of aromatic nitrogens is 2. The number of nitrogen functional groups attached to an aromatic ring is 1. The molecule has 1 saturated heterocycles. The first kappa shape index (κ1) is 22.3. The molecule has 12 nitrogen and oxygen atoms in total. The molecule has 0 spiro atoms. The van der Waals surface area contributed by atoms with Crippen LogP contribution in [0.4, 0.5) is 5.82 Å². The summed E-state index contributed by atoms with van der Waals surface area (Å²) in [5.41, 5.74) is 4.72. The minimum absolute atomic E-state index is 0.0799. The van der Waals surface area contributed by atoms with Crippen LogP contribution in [0, 0.1) is 0 Å². The number of ether oxygens (including phenoxy) is 3. The molecule has 4 atom stereocenters. The quantitative estimate of drug-likeness (QED) is 0.402. The third-order valence-electron chi connectivity index (χ3n) is 3.53. The first-order valence-corrected chi connectivity index (χ1v) is 10.4. The highest BCUT2D eigenvalue weighted by Gasteiger charge is 2.51. The standard InChI is InChI=1S/C14H18BrN3O9S/c1-6(19)24-5-9-10(27-28(3,22)23)11(25-7(2)20)13(26-9)18-4-8(15)12(16)17-14(18)21/h4,9-11,13H,5H2,1-3H3,(H2,16,17,21)/t9-,10+,11-,13-/m1/s1. The zero-order valence-corrected chi connectivity index (χ0v) is 17.4. The van der Waals surface area contributed by atoms with Crippen molar-refractivity contribution in [2.75, 3.05) is 18.6 Å². The second kappa shape index (κ2) is 8.55. The third kappa shape index (κ3) is 5.50. The first-order chi connectivity index (χ1) is 12.9. The number of nitrogens with two attached hydrogens (primary N) is 1. The summed E-state index contributed by atoms with van der Waals surface area (Å²) in [5.74, 6) is -1.50. The second-order valence-corrected chi connectivity index (χ2v) is 8.33. The topological polar surface area (TPSA) is 166 Å². The lowest BCUT2D eigenvalue weighted by Crippen LogP contribution is -2.42. The molecule has 0 radical (unpaired) electrons. The fourth-order valence-corrected chi connectivity index (χ4v) is 3.49. The van der Waals surface area contributed by atoms with E-state index in [1.54, 1.807) is 0 Å². The summed E-state index contributed by atoms with van der Waals surface area (Å²) in [6, 6.07) is 0. The van der Waals surface area contributed by atoms with E-state index in [1.165, 1.54) is 6.20 Å². The number of carbonyl (C=O) groups is 2. The monoisotopic (exact) mass is 483 g/mol. The van der Waals surface area contributed by atoms with Crippen molar-refractivity contribution in [2.45, 2.75) is 38.4 Å². The number of hydrogen-bond donors (Lipinski definition) is 1. The largest absolute Gasteiger partial charge is 0.463 e. The van der Waals surface area contributed by atoms with Gasteiger partial charge in [-0.25, -0.2) is 4.79 Å². The summed E-state index contributed by atoms with van der Waals surface area (Å²) >= 11 is 3.12. The van der Waals surface area contributed by atoms with Gasteiger partial charge in [0.2, 0.25) is 0 Å². The van der Waals surface area contributed by atoms with Gasteiger partial charge in [-0.3, -0.25) is 18.3 Å². The van der Waals surface area contributed by atoms with Crippen LogP contribution in [0.25, 0.3) is 0 Å². The molecular formula is C14H18BrN3O9S. The van der Waals surface area contributed by atoms with Gasteiger partial charge in [0.15, 0.2) is 12.3 Å². The molecule has 0 saturated carbocycles. The Morgan fingerprint density at radius 2 is 1.96 bits per heavy atom. The van der Waals surface area contributed by atoms with E-state index in [0.717, 1.165) is 24.7 Å². The molecule has 1 fully saturated rings. The van der Waals surface area contributed by atoms with Gasteiger partial charge in [-0.15, -0.1) is 0 Å². The van der Waals surface area contributed by atoms with Crippen molar-refractivity contribution in [2.24, 2.45) is 0 Å². The third-order valence-corrected chi connectivity index (χ3v) is 4.72. The number of anilines is 1. The summed E-state index contributed by atoms with van der Waals surface area (Å²) in [4.78, 5) is 38.6. The fourth-order valence-electron chi connectivity index (χ4n) is 2.54. The number of esters is 2. The normalized spacial score (nSPS) is 24.7. The molecule has 28 heavy (non-hydrogen) atoms. The highest BCUT2D eigenvalue weighted by Crippen LogP contribution is 2.34. The fraction of sp³-hybridized carbons (Fsp3) is 0.571. The highest BCUT2D eigenvalue weighted by atomic mass is 79.9. The molecule has 14 heteroatoms. The van der Waals surface area contributed by atoms with Crippen molar-refractivity contribution in [1.82, 2.24) is 9.55 Å². The SMILES string of the molecule is CC(=O)OC[C@H]1O[C@@H](n2cc(Br)c(N)nc2=O)[C@H](OC(C)=O)[C@H]1OS(C)(=O)=O. The zero-order chi connectivity index (χ0) is 21.2. The van der Waals surface area contributed by atoms with Gasteiger partial charge in [-0.05, 0) is 15.9 Å². The Labute approximate surface area is 168 Å². The van der Waals surface area contributed by atoms with Crippen molar-refractivity contribution in [3.8, 4) is 0 Å². The Morgan fingerprint density at radius 1 is 1.32 bits per heavy atom. The van der Waals surface area contributed by atoms with E-state index >= 15 is 0 Å². The number of carbonyl (C=O) groups excluding carboxylic acids is 2. The van der Waals surface area contributed by atoms with Crippen LogP contribution in [0.15, 0.2) is 15.5 Å². The smallest absolute Gasteiger partial charge is 0.351 e. The van der Waals surface area contributed by atoms with Crippen molar-refractivity contribution >= 4 is 43.8 Å². The summed E-state index contributed by atoms with van der Waals surface area (Å²) < 4.78 is 45.3. The van der Waals surface area contributed by atoms with E-state index < -0.39 is 58.9 Å². The van der Waals surface area contributed by atoms with Crippen LogP contribution in [0.1, 0.15) is 20.1 Å². The lowest BCUT2D eigenvalue weighted by Gasteiger charge is -2.23. The Bertz CT molecular complexity index is 932. The van der Waals surface area contributed by atoms with Crippen molar-refractivity contribution < 1.29 is 36.4 Å². The summed E-state index contributed by atoms with van der Waals surface area (Å²) in [6.45, 7) is 1.84. The molecule has 0 unspecified atom stereocenters. The molecule has 2 heterocycles. The van der Waals surface area contributed by atoms with Gasteiger partial charge in [0.1, 0.15) is 24.6 Å². The van der Waals surface area contributed by atoms with Gasteiger partial charge in [0.05, 0.1) is 10.7 Å². The van der Waals surface area contributed by atoms with Crippen LogP contribution in [0.2, 0.25) is 0 Å². The van der Waals surface area contributed by atoms with Gasteiger partial charge in [-0.2, -0.15) is 13.4 Å². The molecule has 2 N–H and O–H groups in total. The Kier molecular flexibility index (Phi) is 6.80. The molecule has 0 aromatic carbocycles. The van der Waals surface area contributed by atoms with E-state index in [-0.39, 0.29) is 10.3 Å². The lowest BCUT2D eigenvalue weighted by atomic mass is 10.1. The molecule has 2 rings (SSSR count). The van der Waals surface area contributed by atoms with Crippen molar-refractivity contribution in [3.05, 3.63) is 21.2 Å². The van der Waals surface area contributed by atoms with Crippen LogP contribution in [-0.2, 0) is 38.1 Å². The second-order valence-electron chi connectivity index (χ2n) is 5.87. The van der Waals surface area contributed by atoms with E-state index in [4.69, 9.17) is 24.1 Å². The van der Waals surface area contributed by atoms with Gasteiger partial charge in [-0.1, -0.05) is 0 Å². The minimum atomic E-state index is -4.02. The van der Waals surface area contributed by atoms with Crippen LogP contribution in [0.3, 0.4) is 0 Å². The van der Waals surface area contributed by atoms with Crippen LogP contribution >= 0.6 is 15.9 Å². The Balaban J connectivity index is 2.50. The Morgan fingerprint density at radius 3 is 2.50 bits per heavy atom. The van der Waals surface area contributed by atoms with Gasteiger partial charge >= 0.3 is 17.6 Å². The summed E-state index contributed by atoms with van der Waals surface area (Å²) in [6.07, 6.45) is -3.17. The molecule has 1 aromatic rings. The maximum Gasteiger partial charge on any atom is 0.351 e. The Hall–Kier alpha value is -2.03. The van der Waals surface area contributed by atoms with E-state index in [0.29, 0.717) is 0 Å². The number of halogens is 1. The van der Waals surface area contributed by atoms with E-state index in [9.17, 15) is 22.8 Å². The number of hydrogen-bond acceptors (Lipinski definition) is 11. The predicted octanol–water partition coefficient (Wildman–Crippen LogP) is -0.675. The van der Waals surface area contributed by atoms with E-state index in [2.05, 4.69) is 20.9 Å². The van der Waals surface area contributed by atoms with Gasteiger partial charge in [0.25, 0.3) is 10.1 Å². The number of nitrogens with zero attached hydrogens (tertiary/aromatic N) is 2. The maximum absolute atomic E-state index is 12.3. The van der Waals surface area contributed by atoms with Crippen LogP contribution < -0.4 is 11.4 Å². The molecule has 1 aromatic heterocycles. The predicted molar refractivity (Wildman–Crippen MR) is 96.4 cm³/mol. The molecule has 156 valence electrons. The molecule has 0 amide bonds. The zero-order valence-electron chi connectivity index (χ0n) is 15.0. The van der Waals surface area contributed by atoms with Crippen LogP contribution in [-0.4, -0.2) is 61.1 Å². The average molecular weight is 484 g/mol. The van der Waals surface area contributed by atoms with Gasteiger partial charge < -0.3 is 19.9 Å². The maximum atomic E-state index is 12.3. The highest BCUT2D eigenvalue weighted by molar-refractivity contribution is 9.10. The first-order valence-electron chi connectivity index (χ1n) is 7.77. The molecule has 1 aliphatic rings. The average Bonchev–Trinajstić information content (AvgIpc) is 2.84. The van der Waals surface area contributed by atoms with E-state index in [1.807, 2.05) is 0 Å². The summed E-state index contributed by atoms with van der Waals surface area (Å²) in [5, 5.41) is 0. The lowest BCUT2D eigenvalue weighted by molar-refractivity contribution is -0.155. The minimum Gasteiger partial charge on any atom is -0.463 e. The molecule has 0 aliphatic carbocycles. The summed E-state index contributed by atoms with van der Waals surface area (Å²) in [7, 11) is -4.02. The van der Waals surface area contributed by atoms with Gasteiger partial charge in [0, 0.05) is 20.0 Å². The van der Waals surface area contributed by atoms with Crippen LogP contribution in [0.5, 0.6) is 0 Å². The molecular weight excluding hydrogens is 466 g/mol. The van der Waals surface area contributed by atoms with Crippen molar-refractivity contribution in [1.29, 1.82) is 0 Å².